The molecule has 2 N–H and O–H groups in total. The average Bonchev–Trinajstić information content (AvgIpc) is 2.49. The molecule has 23 heavy (non-hydrogen) atoms. The van der Waals surface area contributed by atoms with E-state index in [9.17, 15) is 0 Å². The Kier molecular flexibility index (Phi) is 6.32. The van der Waals surface area contributed by atoms with Crippen molar-refractivity contribution in [3.05, 3.63) is 69.8 Å². The molecule has 0 aliphatic carbocycles. The monoisotopic (exact) mass is 332 g/mol. The number of hydrogen-bond donors (Lipinski definition) is 2. The van der Waals surface area contributed by atoms with Crippen molar-refractivity contribution in [1.29, 1.82) is 0 Å². The highest BCUT2D eigenvalue weighted by atomic mass is 31.2. The van der Waals surface area contributed by atoms with Crippen molar-refractivity contribution < 1.29 is 14.3 Å². The summed E-state index contributed by atoms with van der Waals surface area (Å²) in [5, 5.41) is 0. The van der Waals surface area contributed by atoms with Crippen molar-refractivity contribution in [3.63, 3.8) is 0 Å². The Morgan fingerprint density at radius 3 is 1.78 bits per heavy atom. The largest absolute Gasteiger partial charge is 0.328 e. The highest BCUT2D eigenvalue weighted by Gasteiger charge is 2.19. The Balaban J connectivity index is 2.42. The Bertz CT molecular complexity index is 616. The Morgan fingerprint density at radius 2 is 1.35 bits per heavy atom. The SMILES string of the molecule is Cc1ccc(C)c(C(CCOP(O)O)c2cc(C)ccc2C)c1. The predicted octanol–water partition coefficient (Wildman–Crippen LogP) is 4.67. The standard InChI is InChI=1S/C19H25O3P/c1-13-5-7-15(3)18(11-13)17(9-10-22-23(20)21)19-12-14(2)6-8-16(19)4/h5-8,11-12,17,20-21H,9-10H2,1-4H3. The van der Waals surface area contributed by atoms with Crippen molar-refractivity contribution in [2.75, 3.05) is 6.61 Å². The fourth-order valence-corrected chi connectivity index (χ4v) is 3.27. The molecule has 0 bridgehead atoms. The van der Waals surface area contributed by atoms with E-state index in [1.165, 1.54) is 33.4 Å². The van der Waals surface area contributed by atoms with Gasteiger partial charge in [0.15, 0.2) is 0 Å². The second-order valence-electron chi connectivity index (χ2n) is 6.15. The molecule has 2 aromatic rings. The lowest BCUT2D eigenvalue weighted by atomic mass is 9.83. The van der Waals surface area contributed by atoms with Crippen LogP contribution in [0.25, 0.3) is 0 Å². The first-order chi connectivity index (χ1) is 10.9. The normalized spacial score (nSPS) is 11.5. The van der Waals surface area contributed by atoms with Gasteiger partial charge in [0, 0.05) is 5.92 Å². The van der Waals surface area contributed by atoms with Gasteiger partial charge >= 0.3 is 8.60 Å². The minimum absolute atomic E-state index is 0.185. The molecule has 0 aliphatic heterocycles. The summed E-state index contributed by atoms with van der Waals surface area (Å²) in [6, 6.07) is 13.0. The molecule has 0 aromatic heterocycles. The lowest BCUT2D eigenvalue weighted by Gasteiger charge is -2.23. The molecule has 0 radical (unpaired) electrons. The van der Waals surface area contributed by atoms with Gasteiger partial charge in [-0.1, -0.05) is 47.5 Å². The van der Waals surface area contributed by atoms with Crippen LogP contribution in [0, 0.1) is 27.7 Å². The molecular formula is C19H25O3P. The van der Waals surface area contributed by atoms with Gasteiger partial charge in [0.05, 0.1) is 6.61 Å². The van der Waals surface area contributed by atoms with E-state index in [-0.39, 0.29) is 5.92 Å². The summed E-state index contributed by atoms with van der Waals surface area (Å²) in [5.74, 6) is 0.185. The molecule has 0 aliphatic rings. The second kappa shape index (κ2) is 8.03. The summed E-state index contributed by atoms with van der Waals surface area (Å²) in [6.07, 6.45) is 0.717. The minimum atomic E-state index is -2.30. The van der Waals surface area contributed by atoms with Gasteiger partial charge in [-0.05, 0) is 56.4 Å². The number of aryl methyl sites for hydroxylation is 4. The zero-order valence-electron chi connectivity index (χ0n) is 14.2. The van der Waals surface area contributed by atoms with Gasteiger partial charge in [0.1, 0.15) is 0 Å². The first-order valence-corrected chi connectivity index (χ1v) is 9.00. The van der Waals surface area contributed by atoms with Crippen molar-refractivity contribution >= 4 is 8.60 Å². The molecule has 0 fully saturated rings. The van der Waals surface area contributed by atoms with E-state index in [1.54, 1.807) is 0 Å². The second-order valence-corrected chi connectivity index (χ2v) is 6.91. The van der Waals surface area contributed by atoms with Gasteiger partial charge in [0.25, 0.3) is 0 Å². The summed E-state index contributed by atoms with van der Waals surface area (Å²) in [7, 11) is -2.30. The van der Waals surface area contributed by atoms with Crippen LogP contribution in [-0.4, -0.2) is 16.4 Å². The first-order valence-electron chi connectivity index (χ1n) is 7.83. The smallest absolute Gasteiger partial charge is 0.327 e. The Hall–Kier alpha value is -1.25. The van der Waals surface area contributed by atoms with E-state index in [4.69, 9.17) is 14.3 Å². The highest BCUT2D eigenvalue weighted by Crippen LogP contribution is 2.35. The van der Waals surface area contributed by atoms with E-state index < -0.39 is 8.60 Å². The lowest BCUT2D eigenvalue weighted by molar-refractivity contribution is 0.248. The number of rotatable bonds is 6. The van der Waals surface area contributed by atoms with E-state index in [2.05, 4.69) is 64.1 Å². The van der Waals surface area contributed by atoms with Gasteiger partial charge in [-0.15, -0.1) is 0 Å². The van der Waals surface area contributed by atoms with Crippen molar-refractivity contribution in [1.82, 2.24) is 0 Å². The van der Waals surface area contributed by atoms with Crippen molar-refractivity contribution in [2.24, 2.45) is 0 Å². The molecule has 3 nitrogen and oxygen atoms in total. The highest BCUT2D eigenvalue weighted by molar-refractivity contribution is 7.39. The summed E-state index contributed by atoms with van der Waals surface area (Å²) in [5.41, 5.74) is 7.51. The van der Waals surface area contributed by atoms with Crippen LogP contribution in [0.15, 0.2) is 36.4 Å². The Morgan fingerprint density at radius 1 is 0.870 bits per heavy atom. The summed E-state index contributed by atoms with van der Waals surface area (Å²) in [4.78, 5) is 18.0. The molecule has 2 rings (SSSR count). The van der Waals surface area contributed by atoms with Crippen molar-refractivity contribution in [3.8, 4) is 0 Å². The molecule has 0 saturated carbocycles. The molecule has 0 heterocycles. The quantitative estimate of drug-likeness (QED) is 0.756. The van der Waals surface area contributed by atoms with Gasteiger partial charge in [-0.3, -0.25) is 0 Å². The van der Waals surface area contributed by atoms with Crippen LogP contribution in [0.5, 0.6) is 0 Å². The van der Waals surface area contributed by atoms with E-state index in [0.717, 1.165) is 0 Å². The molecule has 0 amide bonds. The summed E-state index contributed by atoms with van der Waals surface area (Å²) in [6.45, 7) is 8.77. The van der Waals surface area contributed by atoms with Crippen molar-refractivity contribution in [2.45, 2.75) is 40.0 Å². The number of hydrogen-bond acceptors (Lipinski definition) is 3. The maximum Gasteiger partial charge on any atom is 0.327 e. The van der Waals surface area contributed by atoms with Crippen LogP contribution < -0.4 is 0 Å². The minimum Gasteiger partial charge on any atom is -0.328 e. The third-order valence-electron chi connectivity index (χ3n) is 4.23. The third kappa shape index (κ3) is 4.86. The van der Waals surface area contributed by atoms with Crippen LogP contribution in [0.3, 0.4) is 0 Å². The predicted molar refractivity (Wildman–Crippen MR) is 95.6 cm³/mol. The molecule has 0 saturated heterocycles. The first kappa shape index (κ1) is 18.1. The molecular weight excluding hydrogens is 307 g/mol. The van der Waals surface area contributed by atoms with Crippen LogP contribution in [0.4, 0.5) is 0 Å². The van der Waals surface area contributed by atoms with Gasteiger partial charge in [-0.25, -0.2) is 0 Å². The Labute approximate surface area is 140 Å². The van der Waals surface area contributed by atoms with Crippen LogP contribution in [0.1, 0.15) is 45.7 Å². The van der Waals surface area contributed by atoms with Gasteiger partial charge in [-0.2, -0.15) is 0 Å². The fraction of sp³-hybridized carbons (Fsp3) is 0.368. The maximum absolute atomic E-state index is 9.00. The fourth-order valence-electron chi connectivity index (χ4n) is 3.00. The molecule has 0 spiro atoms. The zero-order valence-corrected chi connectivity index (χ0v) is 15.1. The summed E-state index contributed by atoms with van der Waals surface area (Å²) >= 11 is 0. The summed E-state index contributed by atoms with van der Waals surface area (Å²) < 4.78 is 5.03. The van der Waals surface area contributed by atoms with Crippen LogP contribution >= 0.6 is 8.60 Å². The average molecular weight is 332 g/mol. The van der Waals surface area contributed by atoms with E-state index in [0.29, 0.717) is 13.0 Å². The molecule has 4 heteroatoms. The lowest BCUT2D eigenvalue weighted by Crippen LogP contribution is -2.09. The maximum atomic E-state index is 9.00. The topological polar surface area (TPSA) is 49.7 Å². The van der Waals surface area contributed by atoms with Crippen LogP contribution in [-0.2, 0) is 4.52 Å². The van der Waals surface area contributed by atoms with E-state index >= 15 is 0 Å². The molecule has 2 aromatic carbocycles. The van der Waals surface area contributed by atoms with Gasteiger partial charge in [0.2, 0.25) is 0 Å². The number of benzene rings is 2. The van der Waals surface area contributed by atoms with Crippen LogP contribution in [0.2, 0.25) is 0 Å². The van der Waals surface area contributed by atoms with E-state index in [1.807, 2.05) is 0 Å². The third-order valence-corrected chi connectivity index (χ3v) is 4.65. The molecule has 124 valence electrons. The molecule has 0 atom stereocenters. The molecule has 0 unspecified atom stereocenters. The zero-order chi connectivity index (χ0) is 17.0. The van der Waals surface area contributed by atoms with Gasteiger partial charge < -0.3 is 14.3 Å².